The van der Waals surface area contributed by atoms with Crippen LogP contribution in [0.5, 0.6) is 0 Å². The van der Waals surface area contributed by atoms with Crippen LogP contribution in [0.2, 0.25) is 0 Å². The van der Waals surface area contributed by atoms with Crippen LogP contribution in [-0.4, -0.2) is 16.6 Å². The summed E-state index contributed by atoms with van der Waals surface area (Å²) >= 11 is 1.51. The summed E-state index contributed by atoms with van der Waals surface area (Å²) in [5.41, 5.74) is 3.86. The fourth-order valence-electron chi connectivity index (χ4n) is 2.33. The average Bonchev–Trinajstić information content (AvgIpc) is 2.93. The summed E-state index contributed by atoms with van der Waals surface area (Å²) in [4.78, 5) is 1.27. The van der Waals surface area contributed by atoms with Gasteiger partial charge in [0.25, 0.3) is 0 Å². The minimum Gasteiger partial charge on any atom is -0.312 e. The largest absolute Gasteiger partial charge is 0.312 e. The highest BCUT2D eigenvalue weighted by atomic mass is 32.1. The van der Waals surface area contributed by atoms with E-state index in [0.717, 1.165) is 18.5 Å². The standard InChI is InChI=1S/C16H23N3S/c1-5-14-16(20-19-18-14)15(17-4)10-12-6-8-13(9-7-12)11(2)3/h6-9,11,15,17H,5,10H2,1-4H3. The van der Waals surface area contributed by atoms with Crippen LogP contribution < -0.4 is 5.32 Å². The minimum atomic E-state index is 0.301. The Morgan fingerprint density at radius 3 is 2.45 bits per heavy atom. The maximum Gasteiger partial charge on any atom is 0.0801 e. The van der Waals surface area contributed by atoms with Crippen molar-refractivity contribution >= 4 is 11.5 Å². The average molecular weight is 289 g/mol. The molecule has 0 aliphatic carbocycles. The molecule has 1 unspecified atom stereocenters. The van der Waals surface area contributed by atoms with Gasteiger partial charge >= 0.3 is 0 Å². The summed E-state index contributed by atoms with van der Waals surface area (Å²) in [6.45, 7) is 6.58. The molecular formula is C16H23N3S. The summed E-state index contributed by atoms with van der Waals surface area (Å²) in [6, 6.07) is 9.24. The van der Waals surface area contributed by atoms with Crippen molar-refractivity contribution < 1.29 is 0 Å². The predicted molar refractivity (Wildman–Crippen MR) is 85.3 cm³/mol. The number of hydrogen-bond donors (Lipinski definition) is 1. The second kappa shape index (κ2) is 6.95. The number of hydrogen-bond acceptors (Lipinski definition) is 4. The van der Waals surface area contributed by atoms with Gasteiger partial charge in [0.2, 0.25) is 0 Å². The molecule has 0 saturated heterocycles. The number of rotatable bonds is 6. The van der Waals surface area contributed by atoms with Gasteiger partial charge in [0.05, 0.1) is 10.6 Å². The first-order valence-corrected chi connectivity index (χ1v) is 8.00. The van der Waals surface area contributed by atoms with Crippen molar-refractivity contribution in [3.8, 4) is 0 Å². The lowest BCUT2D eigenvalue weighted by Gasteiger charge is -2.16. The van der Waals surface area contributed by atoms with Gasteiger partial charge in [-0.2, -0.15) is 0 Å². The van der Waals surface area contributed by atoms with E-state index in [1.807, 2.05) is 7.05 Å². The lowest BCUT2D eigenvalue weighted by Crippen LogP contribution is -2.19. The van der Waals surface area contributed by atoms with Crippen molar-refractivity contribution in [3.63, 3.8) is 0 Å². The molecule has 2 rings (SSSR count). The number of aromatic nitrogens is 2. The molecule has 2 aromatic rings. The zero-order valence-electron chi connectivity index (χ0n) is 12.7. The third-order valence-corrected chi connectivity index (χ3v) is 4.55. The van der Waals surface area contributed by atoms with Crippen molar-refractivity contribution in [1.82, 2.24) is 14.9 Å². The van der Waals surface area contributed by atoms with E-state index >= 15 is 0 Å². The van der Waals surface area contributed by atoms with Gasteiger partial charge in [0, 0.05) is 6.04 Å². The van der Waals surface area contributed by atoms with Crippen LogP contribution in [0.3, 0.4) is 0 Å². The van der Waals surface area contributed by atoms with Gasteiger partial charge < -0.3 is 5.32 Å². The normalized spacial score (nSPS) is 12.8. The number of nitrogens with one attached hydrogen (secondary N) is 1. The molecule has 0 aliphatic heterocycles. The zero-order valence-corrected chi connectivity index (χ0v) is 13.5. The van der Waals surface area contributed by atoms with E-state index in [9.17, 15) is 0 Å². The van der Waals surface area contributed by atoms with Crippen molar-refractivity contribution in [2.75, 3.05) is 7.05 Å². The molecule has 0 spiro atoms. The number of nitrogens with zero attached hydrogens (tertiary/aromatic N) is 2. The molecule has 20 heavy (non-hydrogen) atoms. The lowest BCUT2D eigenvalue weighted by atomic mass is 9.98. The van der Waals surface area contributed by atoms with Crippen LogP contribution in [-0.2, 0) is 12.8 Å². The van der Waals surface area contributed by atoms with E-state index in [1.54, 1.807) is 0 Å². The minimum absolute atomic E-state index is 0.301. The van der Waals surface area contributed by atoms with Gasteiger partial charge in [-0.1, -0.05) is 49.5 Å². The van der Waals surface area contributed by atoms with Crippen LogP contribution in [0.15, 0.2) is 24.3 Å². The van der Waals surface area contributed by atoms with E-state index in [1.165, 1.54) is 27.5 Å². The highest BCUT2D eigenvalue weighted by Crippen LogP contribution is 2.25. The Bertz CT molecular complexity index is 531. The maximum absolute atomic E-state index is 4.21. The van der Waals surface area contributed by atoms with Crippen molar-refractivity contribution in [1.29, 1.82) is 0 Å². The van der Waals surface area contributed by atoms with Crippen LogP contribution in [0, 0.1) is 0 Å². The molecule has 108 valence electrons. The third-order valence-electron chi connectivity index (χ3n) is 3.67. The van der Waals surface area contributed by atoms with E-state index in [2.05, 4.69) is 59.9 Å². The summed E-state index contributed by atoms with van der Waals surface area (Å²) in [7, 11) is 2.01. The first-order chi connectivity index (χ1) is 9.65. The molecule has 1 atom stereocenters. The van der Waals surface area contributed by atoms with Crippen LogP contribution >= 0.6 is 11.5 Å². The summed E-state index contributed by atoms with van der Waals surface area (Å²) in [6.07, 6.45) is 1.92. The maximum atomic E-state index is 4.21. The lowest BCUT2D eigenvalue weighted by molar-refractivity contribution is 0.595. The quantitative estimate of drug-likeness (QED) is 0.880. The van der Waals surface area contributed by atoms with Gasteiger partial charge in [0.1, 0.15) is 0 Å². The van der Waals surface area contributed by atoms with Gasteiger partial charge in [-0.15, -0.1) is 5.10 Å². The second-order valence-corrected chi connectivity index (χ2v) is 6.16. The molecule has 0 radical (unpaired) electrons. The topological polar surface area (TPSA) is 37.8 Å². The Hall–Kier alpha value is -1.26. The summed E-state index contributed by atoms with van der Waals surface area (Å²) < 4.78 is 4.09. The molecule has 0 aliphatic rings. The second-order valence-electron chi connectivity index (χ2n) is 5.38. The molecule has 4 heteroatoms. The van der Waals surface area contributed by atoms with Gasteiger partial charge in [-0.25, -0.2) is 0 Å². The molecule has 1 aromatic carbocycles. The first kappa shape index (κ1) is 15.1. The van der Waals surface area contributed by atoms with Crippen molar-refractivity contribution in [3.05, 3.63) is 46.0 Å². The molecule has 1 heterocycles. The summed E-state index contributed by atoms with van der Waals surface area (Å²) in [5, 5.41) is 7.61. The SMILES string of the molecule is CCc1nnsc1C(Cc1ccc(C(C)C)cc1)NC. The molecule has 0 saturated carbocycles. The van der Waals surface area contributed by atoms with E-state index < -0.39 is 0 Å². The Balaban J connectivity index is 2.14. The Kier molecular flexibility index (Phi) is 5.26. The van der Waals surface area contributed by atoms with Gasteiger partial charge in [-0.05, 0) is 48.5 Å². The molecular weight excluding hydrogens is 266 g/mol. The highest BCUT2D eigenvalue weighted by molar-refractivity contribution is 7.05. The van der Waals surface area contributed by atoms with Crippen LogP contribution in [0.1, 0.15) is 54.4 Å². The van der Waals surface area contributed by atoms with Crippen molar-refractivity contribution in [2.45, 2.75) is 45.6 Å². The smallest absolute Gasteiger partial charge is 0.0801 e. The Morgan fingerprint density at radius 1 is 1.20 bits per heavy atom. The molecule has 3 nitrogen and oxygen atoms in total. The van der Waals surface area contributed by atoms with Crippen LogP contribution in [0.4, 0.5) is 0 Å². The zero-order chi connectivity index (χ0) is 14.5. The van der Waals surface area contributed by atoms with E-state index in [-0.39, 0.29) is 0 Å². The fraction of sp³-hybridized carbons (Fsp3) is 0.500. The van der Waals surface area contributed by atoms with E-state index in [0.29, 0.717) is 12.0 Å². The van der Waals surface area contributed by atoms with Gasteiger partial charge in [-0.3, -0.25) is 0 Å². The number of aryl methyl sites for hydroxylation is 1. The Morgan fingerprint density at radius 2 is 1.90 bits per heavy atom. The van der Waals surface area contributed by atoms with Crippen molar-refractivity contribution in [2.24, 2.45) is 0 Å². The van der Waals surface area contributed by atoms with Gasteiger partial charge in [0.15, 0.2) is 0 Å². The first-order valence-electron chi connectivity index (χ1n) is 7.22. The number of likely N-dealkylation sites (N-methyl/N-ethyl adjacent to an activating group) is 1. The molecule has 0 bridgehead atoms. The summed E-state index contributed by atoms with van der Waals surface area (Å²) in [5.74, 6) is 0.585. The third kappa shape index (κ3) is 3.44. The fourth-order valence-corrected chi connectivity index (χ4v) is 3.17. The monoisotopic (exact) mass is 289 g/mol. The number of benzene rings is 1. The highest BCUT2D eigenvalue weighted by Gasteiger charge is 2.17. The van der Waals surface area contributed by atoms with E-state index in [4.69, 9.17) is 0 Å². The predicted octanol–water partition coefficient (Wildman–Crippen LogP) is 3.73. The van der Waals surface area contributed by atoms with Crippen LogP contribution in [0.25, 0.3) is 0 Å². The molecule has 0 fully saturated rings. The molecule has 0 amide bonds. The molecule has 1 aromatic heterocycles. The molecule has 1 N–H and O–H groups in total. The Labute approximate surface area is 125 Å².